The molecule has 0 spiro atoms. The average molecular weight is 343 g/mol. The third-order valence-corrected chi connectivity index (χ3v) is 4.82. The smallest absolute Gasteiger partial charge is 0.325 e. The second-order valence-electron chi connectivity index (χ2n) is 7.27. The first-order valence-corrected chi connectivity index (χ1v) is 8.94. The first-order chi connectivity index (χ1) is 12.0. The van der Waals surface area contributed by atoms with Gasteiger partial charge in [-0.2, -0.15) is 0 Å². The first kappa shape index (κ1) is 17.5. The Morgan fingerprint density at radius 3 is 2.84 bits per heavy atom. The fraction of sp³-hybridized carbons (Fsp3) is 0.526. The summed E-state index contributed by atoms with van der Waals surface area (Å²) in [5.41, 5.74) is 2.39. The zero-order chi connectivity index (χ0) is 18.0. The first-order valence-electron chi connectivity index (χ1n) is 8.94. The molecule has 1 aromatic carbocycles. The lowest BCUT2D eigenvalue weighted by Crippen LogP contribution is -2.42. The molecule has 1 saturated heterocycles. The average Bonchev–Trinajstić information content (AvgIpc) is 2.82. The fourth-order valence-corrected chi connectivity index (χ4v) is 3.65. The minimum atomic E-state index is -0.518. The number of fused-ring (bicyclic) bond motifs is 1. The monoisotopic (exact) mass is 343 g/mol. The minimum Gasteiger partial charge on any atom is -0.348 e. The molecule has 0 radical (unpaired) electrons. The van der Waals surface area contributed by atoms with Crippen molar-refractivity contribution in [2.75, 3.05) is 6.54 Å². The quantitative estimate of drug-likeness (QED) is 0.804. The molecule has 1 fully saturated rings. The summed E-state index contributed by atoms with van der Waals surface area (Å²) in [5, 5.41) is 5.65. The van der Waals surface area contributed by atoms with Crippen molar-refractivity contribution in [3.8, 4) is 0 Å². The highest BCUT2D eigenvalue weighted by Crippen LogP contribution is 2.29. The molecular formula is C19H25N3O3. The summed E-state index contributed by atoms with van der Waals surface area (Å²) in [6.45, 7) is 3.77. The van der Waals surface area contributed by atoms with Gasteiger partial charge in [-0.05, 0) is 42.7 Å². The summed E-state index contributed by atoms with van der Waals surface area (Å²) in [6.07, 6.45) is 3.49. The number of imide groups is 1. The molecule has 2 atom stereocenters. The maximum atomic E-state index is 12.4. The Bertz CT molecular complexity index is 686. The van der Waals surface area contributed by atoms with Crippen molar-refractivity contribution in [2.24, 2.45) is 5.92 Å². The zero-order valence-electron chi connectivity index (χ0n) is 14.7. The predicted octanol–water partition coefficient (Wildman–Crippen LogP) is 2.15. The number of nitrogens with one attached hydrogen (secondary N) is 2. The molecule has 2 N–H and O–H groups in total. The van der Waals surface area contributed by atoms with Crippen LogP contribution < -0.4 is 10.6 Å². The van der Waals surface area contributed by atoms with Gasteiger partial charge in [0.15, 0.2) is 0 Å². The number of rotatable bonds is 5. The van der Waals surface area contributed by atoms with E-state index in [9.17, 15) is 14.4 Å². The number of carbonyl (C=O) groups is 3. The Labute approximate surface area is 148 Å². The standard InChI is InChI=1S/C19H25N3O3/c1-12(2)10-16-18(24)22(19(25)21-16)11-17(23)20-15-9-5-7-13-6-3-4-8-14(13)15/h3-4,6,8,12,15-16H,5,7,9-11H2,1-2H3,(H,20,23)(H,21,25)/t15-,16-/m0/s1. The maximum Gasteiger partial charge on any atom is 0.325 e. The Morgan fingerprint density at radius 2 is 2.08 bits per heavy atom. The van der Waals surface area contributed by atoms with E-state index in [2.05, 4.69) is 16.7 Å². The largest absolute Gasteiger partial charge is 0.348 e. The molecule has 6 nitrogen and oxygen atoms in total. The maximum absolute atomic E-state index is 12.4. The molecule has 1 heterocycles. The van der Waals surface area contributed by atoms with E-state index in [1.807, 2.05) is 32.0 Å². The molecule has 1 aromatic rings. The van der Waals surface area contributed by atoms with Crippen LogP contribution in [0.1, 0.15) is 50.3 Å². The van der Waals surface area contributed by atoms with Crippen molar-refractivity contribution in [2.45, 2.75) is 51.6 Å². The molecule has 0 unspecified atom stereocenters. The van der Waals surface area contributed by atoms with Crippen molar-refractivity contribution < 1.29 is 14.4 Å². The Kier molecular flexibility index (Phi) is 5.06. The fourth-order valence-electron chi connectivity index (χ4n) is 3.65. The lowest BCUT2D eigenvalue weighted by Gasteiger charge is -2.27. The highest BCUT2D eigenvalue weighted by atomic mass is 16.2. The van der Waals surface area contributed by atoms with Gasteiger partial charge in [-0.25, -0.2) is 4.79 Å². The number of amides is 4. The van der Waals surface area contributed by atoms with E-state index in [1.165, 1.54) is 5.56 Å². The molecule has 6 heteroatoms. The summed E-state index contributed by atoms with van der Waals surface area (Å²) in [6, 6.07) is 7.05. The van der Waals surface area contributed by atoms with E-state index in [-0.39, 0.29) is 24.4 Å². The van der Waals surface area contributed by atoms with Crippen LogP contribution in [0.15, 0.2) is 24.3 Å². The molecule has 0 aromatic heterocycles. The normalized spacial score (nSPS) is 22.8. The molecule has 25 heavy (non-hydrogen) atoms. The van der Waals surface area contributed by atoms with Gasteiger partial charge in [0.05, 0.1) is 6.04 Å². The summed E-state index contributed by atoms with van der Waals surface area (Å²) in [5.74, 6) is -0.310. The van der Waals surface area contributed by atoms with Crippen LogP contribution in [0, 0.1) is 5.92 Å². The van der Waals surface area contributed by atoms with Gasteiger partial charge in [0.25, 0.3) is 5.91 Å². The number of nitrogens with zero attached hydrogens (tertiary/aromatic N) is 1. The second kappa shape index (κ2) is 7.25. The molecule has 0 bridgehead atoms. The predicted molar refractivity (Wildman–Crippen MR) is 93.8 cm³/mol. The lowest BCUT2D eigenvalue weighted by atomic mass is 9.88. The van der Waals surface area contributed by atoms with Gasteiger partial charge in [0.1, 0.15) is 12.6 Å². The van der Waals surface area contributed by atoms with Gasteiger partial charge in [-0.3, -0.25) is 14.5 Å². The number of hydrogen-bond acceptors (Lipinski definition) is 3. The van der Waals surface area contributed by atoms with E-state index >= 15 is 0 Å². The second-order valence-corrected chi connectivity index (χ2v) is 7.27. The van der Waals surface area contributed by atoms with Crippen LogP contribution in [0.25, 0.3) is 0 Å². The summed E-state index contributed by atoms with van der Waals surface area (Å²) < 4.78 is 0. The number of aryl methyl sites for hydroxylation is 1. The van der Waals surface area contributed by atoms with Crippen molar-refractivity contribution in [3.63, 3.8) is 0 Å². The summed E-state index contributed by atoms with van der Waals surface area (Å²) in [7, 11) is 0. The number of benzene rings is 1. The van der Waals surface area contributed by atoms with Gasteiger partial charge in [-0.15, -0.1) is 0 Å². The van der Waals surface area contributed by atoms with E-state index in [0.29, 0.717) is 12.3 Å². The van der Waals surface area contributed by atoms with Gasteiger partial charge in [-0.1, -0.05) is 38.1 Å². The number of carbonyl (C=O) groups excluding carboxylic acids is 3. The van der Waals surface area contributed by atoms with Crippen LogP contribution >= 0.6 is 0 Å². The molecular weight excluding hydrogens is 318 g/mol. The van der Waals surface area contributed by atoms with Crippen LogP contribution in [0.3, 0.4) is 0 Å². The van der Waals surface area contributed by atoms with Crippen LogP contribution in [-0.4, -0.2) is 35.3 Å². The molecule has 1 aliphatic heterocycles. The van der Waals surface area contributed by atoms with Crippen molar-refractivity contribution in [3.05, 3.63) is 35.4 Å². The topological polar surface area (TPSA) is 78.5 Å². The third kappa shape index (κ3) is 3.83. The molecule has 0 saturated carbocycles. The van der Waals surface area contributed by atoms with Crippen molar-refractivity contribution in [1.29, 1.82) is 0 Å². The number of hydrogen-bond donors (Lipinski definition) is 2. The van der Waals surface area contributed by atoms with E-state index in [4.69, 9.17) is 0 Å². The Hall–Kier alpha value is -2.37. The highest BCUT2D eigenvalue weighted by Gasteiger charge is 2.39. The van der Waals surface area contributed by atoms with E-state index < -0.39 is 12.1 Å². The van der Waals surface area contributed by atoms with Crippen LogP contribution in [0.4, 0.5) is 4.79 Å². The molecule has 3 rings (SSSR count). The zero-order valence-corrected chi connectivity index (χ0v) is 14.7. The van der Waals surface area contributed by atoms with Gasteiger partial charge >= 0.3 is 6.03 Å². The summed E-state index contributed by atoms with van der Waals surface area (Å²) >= 11 is 0. The van der Waals surface area contributed by atoms with Crippen LogP contribution in [0.5, 0.6) is 0 Å². The molecule has 2 aliphatic rings. The molecule has 1 aliphatic carbocycles. The Balaban J connectivity index is 1.62. The van der Waals surface area contributed by atoms with E-state index in [0.717, 1.165) is 29.7 Å². The third-order valence-electron chi connectivity index (χ3n) is 4.82. The summed E-state index contributed by atoms with van der Waals surface area (Å²) in [4.78, 5) is 37.8. The van der Waals surface area contributed by atoms with Gasteiger partial charge < -0.3 is 10.6 Å². The van der Waals surface area contributed by atoms with Crippen molar-refractivity contribution in [1.82, 2.24) is 15.5 Å². The Morgan fingerprint density at radius 1 is 1.32 bits per heavy atom. The SMILES string of the molecule is CC(C)C[C@@H]1NC(=O)N(CC(=O)N[C@H]2CCCc3ccccc32)C1=O. The lowest BCUT2D eigenvalue weighted by molar-refractivity contribution is -0.132. The highest BCUT2D eigenvalue weighted by molar-refractivity contribution is 6.06. The van der Waals surface area contributed by atoms with Gasteiger partial charge in [0.2, 0.25) is 5.91 Å². The van der Waals surface area contributed by atoms with Crippen molar-refractivity contribution >= 4 is 17.8 Å². The molecule has 134 valence electrons. The number of urea groups is 1. The van der Waals surface area contributed by atoms with Gasteiger partial charge in [0, 0.05) is 0 Å². The van der Waals surface area contributed by atoms with Crippen LogP contribution in [-0.2, 0) is 16.0 Å². The van der Waals surface area contributed by atoms with E-state index in [1.54, 1.807) is 0 Å². The minimum absolute atomic E-state index is 0.0512. The molecule has 4 amide bonds. The van der Waals surface area contributed by atoms with Crippen LogP contribution in [0.2, 0.25) is 0 Å².